The van der Waals surface area contributed by atoms with Gasteiger partial charge in [-0.3, -0.25) is 4.40 Å². The highest BCUT2D eigenvalue weighted by atomic mass is 35.5. The van der Waals surface area contributed by atoms with Gasteiger partial charge in [0.15, 0.2) is 11.5 Å². The number of hydrogen-bond donors (Lipinski definition) is 1. The third-order valence-electron chi connectivity index (χ3n) is 2.59. The average Bonchev–Trinajstić information content (AvgIpc) is 2.71. The summed E-state index contributed by atoms with van der Waals surface area (Å²) in [4.78, 5) is 0. The molecule has 0 bridgehead atoms. The molecule has 0 fully saturated rings. The molecule has 4 nitrogen and oxygen atoms in total. The Bertz CT molecular complexity index is 578. The Morgan fingerprint density at radius 3 is 2.67 bits per heavy atom. The van der Waals surface area contributed by atoms with Gasteiger partial charge in [0.2, 0.25) is 0 Å². The van der Waals surface area contributed by atoms with Crippen molar-refractivity contribution in [3.63, 3.8) is 0 Å². The topological polar surface area (TPSA) is 56.2 Å². The van der Waals surface area contributed by atoms with Crippen molar-refractivity contribution in [3.05, 3.63) is 28.7 Å². The fourth-order valence-electron chi connectivity index (χ4n) is 1.56. The Kier molecular flexibility index (Phi) is 3.20. The lowest BCUT2D eigenvalue weighted by molar-refractivity contribution is -0.137. The molecule has 0 aliphatic rings. The van der Waals surface area contributed by atoms with E-state index in [0.29, 0.717) is 6.42 Å². The molecular formula is C10H10ClF3N4. The van der Waals surface area contributed by atoms with E-state index in [9.17, 15) is 13.2 Å². The second-order valence-corrected chi connectivity index (χ2v) is 4.25. The molecule has 8 heteroatoms. The van der Waals surface area contributed by atoms with E-state index in [1.54, 1.807) is 6.92 Å². The highest BCUT2D eigenvalue weighted by Crippen LogP contribution is 2.32. The van der Waals surface area contributed by atoms with Crippen LogP contribution in [0, 0.1) is 0 Å². The molecule has 1 unspecified atom stereocenters. The van der Waals surface area contributed by atoms with Crippen molar-refractivity contribution in [2.45, 2.75) is 25.6 Å². The summed E-state index contributed by atoms with van der Waals surface area (Å²) < 4.78 is 39.2. The van der Waals surface area contributed by atoms with Gasteiger partial charge in [-0.2, -0.15) is 13.2 Å². The molecule has 0 saturated carbocycles. The van der Waals surface area contributed by atoms with Crippen molar-refractivity contribution in [1.82, 2.24) is 14.6 Å². The Labute approximate surface area is 106 Å². The van der Waals surface area contributed by atoms with Crippen molar-refractivity contribution in [2.75, 3.05) is 0 Å². The van der Waals surface area contributed by atoms with Gasteiger partial charge in [0.25, 0.3) is 0 Å². The minimum absolute atomic E-state index is 0.105. The zero-order valence-electron chi connectivity index (χ0n) is 9.37. The number of aromatic nitrogens is 3. The lowest BCUT2D eigenvalue weighted by Gasteiger charge is -2.10. The minimum Gasteiger partial charge on any atom is -0.321 e. The summed E-state index contributed by atoms with van der Waals surface area (Å²) in [5.74, 6) is 0.264. The van der Waals surface area contributed by atoms with Crippen molar-refractivity contribution in [3.8, 4) is 0 Å². The third kappa shape index (κ3) is 2.15. The highest BCUT2D eigenvalue weighted by Gasteiger charge is 2.32. The van der Waals surface area contributed by atoms with Crippen LogP contribution in [0.5, 0.6) is 0 Å². The Morgan fingerprint density at radius 2 is 2.11 bits per heavy atom. The van der Waals surface area contributed by atoms with E-state index in [1.807, 2.05) is 0 Å². The quantitative estimate of drug-likeness (QED) is 0.919. The molecule has 0 spiro atoms. The fourth-order valence-corrected chi connectivity index (χ4v) is 1.81. The van der Waals surface area contributed by atoms with Crippen LogP contribution >= 0.6 is 11.6 Å². The van der Waals surface area contributed by atoms with E-state index >= 15 is 0 Å². The van der Waals surface area contributed by atoms with E-state index in [0.717, 1.165) is 12.3 Å². The number of nitrogens with two attached hydrogens (primary N) is 1. The maximum absolute atomic E-state index is 12.7. The van der Waals surface area contributed by atoms with Crippen molar-refractivity contribution in [1.29, 1.82) is 0 Å². The van der Waals surface area contributed by atoms with E-state index in [1.165, 1.54) is 4.40 Å². The minimum atomic E-state index is -4.48. The van der Waals surface area contributed by atoms with E-state index in [2.05, 4.69) is 10.2 Å². The van der Waals surface area contributed by atoms with Gasteiger partial charge >= 0.3 is 6.18 Å². The van der Waals surface area contributed by atoms with Crippen LogP contribution in [0.4, 0.5) is 13.2 Å². The summed E-state index contributed by atoms with van der Waals surface area (Å²) >= 11 is 5.77. The molecule has 1 atom stereocenters. The zero-order chi connectivity index (χ0) is 13.5. The number of pyridine rings is 1. The molecule has 2 aromatic heterocycles. The Morgan fingerprint density at radius 1 is 1.44 bits per heavy atom. The molecule has 98 valence electrons. The maximum Gasteiger partial charge on any atom is 0.417 e. The number of rotatable bonds is 2. The molecule has 0 saturated heterocycles. The second-order valence-electron chi connectivity index (χ2n) is 3.84. The maximum atomic E-state index is 12.7. The summed E-state index contributed by atoms with van der Waals surface area (Å²) in [6.45, 7) is 1.81. The van der Waals surface area contributed by atoms with Crippen LogP contribution in [0.25, 0.3) is 5.65 Å². The molecule has 2 rings (SSSR count). The van der Waals surface area contributed by atoms with Crippen molar-refractivity contribution in [2.24, 2.45) is 5.73 Å². The molecule has 0 aromatic carbocycles. The van der Waals surface area contributed by atoms with Crippen LogP contribution in [0.1, 0.15) is 30.8 Å². The Balaban J connectivity index is 2.68. The van der Waals surface area contributed by atoms with Gasteiger partial charge in [-0.1, -0.05) is 18.5 Å². The molecule has 2 heterocycles. The van der Waals surface area contributed by atoms with E-state index < -0.39 is 17.8 Å². The molecule has 2 aromatic rings. The van der Waals surface area contributed by atoms with Gasteiger partial charge in [0.05, 0.1) is 16.6 Å². The number of hydrogen-bond acceptors (Lipinski definition) is 3. The summed E-state index contributed by atoms with van der Waals surface area (Å²) in [7, 11) is 0. The van der Waals surface area contributed by atoms with Crippen LogP contribution in [0.3, 0.4) is 0 Å². The van der Waals surface area contributed by atoms with E-state index in [4.69, 9.17) is 17.3 Å². The van der Waals surface area contributed by atoms with Gasteiger partial charge in [-0.05, 0) is 12.5 Å². The lowest BCUT2D eigenvalue weighted by Crippen LogP contribution is -2.14. The normalized spacial score (nSPS) is 14.1. The van der Waals surface area contributed by atoms with Gasteiger partial charge in [-0.15, -0.1) is 10.2 Å². The van der Waals surface area contributed by atoms with Crippen LogP contribution < -0.4 is 5.73 Å². The number of alkyl halides is 3. The average molecular weight is 279 g/mol. The van der Waals surface area contributed by atoms with Crippen molar-refractivity contribution >= 4 is 17.2 Å². The van der Waals surface area contributed by atoms with Gasteiger partial charge in [0, 0.05) is 6.20 Å². The third-order valence-corrected chi connectivity index (χ3v) is 2.86. The Hall–Kier alpha value is -1.34. The van der Waals surface area contributed by atoms with Gasteiger partial charge in [0.1, 0.15) is 0 Å². The first-order valence-electron chi connectivity index (χ1n) is 5.21. The summed E-state index contributed by atoms with van der Waals surface area (Å²) in [5.41, 5.74) is 5.08. The highest BCUT2D eigenvalue weighted by molar-refractivity contribution is 6.33. The number of halogens is 4. The first-order chi connectivity index (χ1) is 8.34. The van der Waals surface area contributed by atoms with E-state index in [-0.39, 0.29) is 16.5 Å². The smallest absolute Gasteiger partial charge is 0.321 e. The lowest BCUT2D eigenvalue weighted by atomic mass is 10.2. The molecule has 0 aliphatic carbocycles. The molecule has 18 heavy (non-hydrogen) atoms. The molecule has 0 amide bonds. The van der Waals surface area contributed by atoms with Crippen molar-refractivity contribution < 1.29 is 13.2 Å². The van der Waals surface area contributed by atoms with Crippen LogP contribution in [-0.2, 0) is 6.18 Å². The molecular weight excluding hydrogens is 269 g/mol. The van der Waals surface area contributed by atoms with Crippen LogP contribution in [0.15, 0.2) is 12.3 Å². The summed E-state index contributed by atoms with van der Waals surface area (Å²) in [6.07, 6.45) is -3.03. The fraction of sp³-hybridized carbons (Fsp3) is 0.400. The summed E-state index contributed by atoms with van der Waals surface area (Å²) in [6, 6.07) is 0.340. The largest absolute Gasteiger partial charge is 0.417 e. The van der Waals surface area contributed by atoms with Gasteiger partial charge < -0.3 is 5.73 Å². The van der Waals surface area contributed by atoms with Crippen LogP contribution in [0.2, 0.25) is 5.02 Å². The number of nitrogens with zero attached hydrogens (tertiary/aromatic N) is 3. The number of fused-ring (bicyclic) bond motifs is 1. The molecule has 0 radical (unpaired) electrons. The predicted molar refractivity (Wildman–Crippen MR) is 60.2 cm³/mol. The van der Waals surface area contributed by atoms with Gasteiger partial charge in [-0.25, -0.2) is 0 Å². The first-order valence-corrected chi connectivity index (χ1v) is 5.59. The molecule has 0 aliphatic heterocycles. The zero-order valence-corrected chi connectivity index (χ0v) is 10.1. The summed E-state index contributed by atoms with van der Waals surface area (Å²) in [5, 5.41) is 7.43. The first kappa shape index (κ1) is 13.1. The second kappa shape index (κ2) is 4.40. The standard InChI is InChI=1S/C10H10ClF3N4/c1-2-7(15)9-17-16-8-6(11)3-5(4-18(8)9)10(12,13)14/h3-4,7H,2,15H2,1H3. The van der Waals surface area contributed by atoms with Crippen LogP contribution in [-0.4, -0.2) is 14.6 Å². The molecule has 2 N–H and O–H groups in total. The predicted octanol–water partition coefficient (Wildman–Crippen LogP) is 2.81. The monoisotopic (exact) mass is 278 g/mol. The SMILES string of the molecule is CCC(N)c1nnc2c(Cl)cc(C(F)(F)F)cn12.